The molecule has 1 fully saturated rings. The molecule has 1 saturated heterocycles. The lowest BCUT2D eigenvalue weighted by atomic mass is 10.0. The van der Waals surface area contributed by atoms with Gasteiger partial charge in [-0.2, -0.15) is 0 Å². The van der Waals surface area contributed by atoms with E-state index in [0.29, 0.717) is 6.61 Å². The number of amides is 2. The Balaban J connectivity index is 2.36. The largest absolute Gasteiger partial charge is 0.370 e. The molecule has 0 radical (unpaired) electrons. The van der Waals surface area contributed by atoms with Crippen LogP contribution in [0.1, 0.15) is 26.2 Å². The number of hydrogen-bond donors (Lipinski definition) is 1. The predicted octanol–water partition coefficient (Wildman–Crippen LogP) is -0.111. The molecule has 0 aromatic heterocycles. The van der Waals surface area contributed by atoms with Crippen molar-refractivity contribution in [3.05, 3.63) is 0 Å². The molecule has 0 saturated carbocycles. The second-order valence-electron chi connectivity index (χ2n) is 3.84. The van der Waals surface area contributed by atoms with E-state index in [2.05, 4.69) is 0 Å². The Bertz CT molecular complexity index is 243. The van der Waals surface area contributed by atoms with Gasteiger partial charge in [0.05, 0.1) is 12.6 Å². The minimum Gasteiger partial charge on any atom is -0.370 e. The van der Waals surface area contributed by atoms with Crippen LogP contribution in [-0.4, -0.2) is 42.5 Å². The number of primary amides is 1. The highest BCUT2D eigenvalue weighted by Gasteiger charge is 2.24. The summed E-state index contributed by atoms with van der Waals surface area (Å²) in [5.74, 6) is -0.400. The molecule has 0 bridgehead atoms. The molecular formula is C10H18N2O3. The first kappa shape index (κ1) is 12.0. The van der Waals surface area contributed by atoms with Crippen LogP contribution in [-0.2, 0) is 14.3 Å². The van der Waals surface area contributed by atoms with Crippen LogP contribution in [0.15, 0.2) is 0 Å². The molecule has 1 aliphatic heterocycles. The van der Waals surface area contributed by atoms with Crippen LogP contribution in [0.5, 0.6) is 0 Å². The van der Waals surface area contributed by atoms with Gasteiger partial charge >= 0.3 is 0 Å². The molecule has 1 aliphatic rings. The molecule has 15 heavy (non-hydrogen) atoms. The summed E-state index contributed by atoms with van der Waals surface area (Å²) in [4.78, 5) is 23.6. The predicted molar refractivity (Wildman–Crippen MR) is 55.0 cm³/mol. The van der Waals surface area contributed by atoms with Gasteiger partial charge < -0.3 is 15.4 Å². The monoisotopic (exact) mass is 214 g/mol. The quantitative estimate of drug-likeness (QED) is 0.709. The van der Waals surface area contributed by atoms with Gasteiger partial charge in [-0.15, -0.1) is 0 Å². The molecule has 0 spiro atoms. The van der Waals surface area contributed by atoms with E-state index in [4.69, 9.17) is 10.5 Å². The van der Waals surface area contributed by atoms with Crippen LogP contribution in [0.25, 0.3) is 0 Å². The Hall–Kier alpha value is -1.10. The molecule has 1 heterocycles. The number of nitrogens with two attached hydrogens (primary N) is 1. The minimum absolute atomic E-state index is 0.0672. The maximum Gasteiger partial charge on any atom is 0.243 e. The van der Waals surface area contributed by atoms with Gasteiger partial charge in [-0.1, -0.05) is 0 Å². The number of nitrogens with zero attached hydrogens (tertiary/aromatic N) is 1. The van der Waals surface area contributed by atoms with Gasteiger partial charge in [0.15, 0.2) is 0 Å². The Labute approximate surface area is 89.6 Å². The maximum atomic E-state index is 11.3. The number of ether oxygens (including phenoxy) is 1. The van der Waals surface area contributed by atoms with E-state index in [1.165, 1.54) is 0 Å². The van der Waals surface area contributed by atoms with Crippen molar-refractivity contribution in [2.45, 2.75) is 32.2 Å². The van der Waals surface area contributed by atoms with E-state index >= 15 is 0 Å². The summed E-state index contributed by atoms with van der Waals surface area (Å²) in [6.45, 7) is 2.69. The normalized spacial score (nSPS) is 21.4. The molecular weight excluding hydrogens is 196 g/mol. The minimum atomic E-state index is -0.472. The van der Waals surface area contributed by atoms with Gasteiger partial charge in [-0.25, -0.2) is 0 Å². The number of rotatable bonds is 4. The molecule has 2 N–H and O–H groups in total. The molecule has 1 unspecified atom stereocenters. The summed E-state index contributed by atoms with van der Waals surface area (Å²) in [6, 6.07) is 0.107. The van der Waals surface area contributed by atoms with Crippen molar-refractivity contribution in [1.82, 2.24) is 4.90 Å². The lowest BCUT2D eigenvalue weighted by Gasteiger charge is -2.34. The van der Waals surface area contributed by atoms with Gasteiger partial charge in [-0.3, -0.25) is 9.59 Å². The smallest absolute Gasteiger partial charge is 0.243 e. The standard InChI is InChI=1S/C10H18N2O3/c1-8(13)12-5-3-2-4-9(12)6-15-7-10(11)14/h9H,2-7H2,1H3,(H2,11,14). The van der Waals surface area contributed by atoms with Crippen molar-refractivity contribution < 1.29 is 14.3 Å². The second-order valence-corrected chi connectivity index (χ2v) is 3.84. The van der Waals surface area contributed by atoms with Gasteiger partial charge in [0.1, 0.15) is 6.61 Å². The van der Waals surface area contributed by atoms with Crippen molar-refractivity contribution in [1.29, 1.82) is 0 Å². The second kappa shape index (κ2) is 5.70. The summed E-state index contributed by atoms with van der Waals surface area (Å²) in [5, 5.41) is 0. The van der Waals surface area contributed by atoms with E-state index in [0.717, 1.165) is 25.8 Å². The van der Waals surface area contributed by atoms with E-state index < -0.39 is 5.91 Å². The van der Waals surface area contributed by atoms with Crippen LogP contribution >= 0.6 is 0 Å². The molecule has 2 amide bonds. The fraction of sp³-hybridized carbons (Fsp3) is 0.800. The van der Waals surface area contributed by atoms with Gasteiger partial charge in [-0.05, 0) is 19.3 Å². The summed E-state index contributed by atoms with van der Waals surface area (Å²) >= 11 is 0. The summed E-state index contributed by atoms with van der Waals surface area (Å²) in [6.07, 6.45) is 3.10. The van der Waals surface area contributed by atoms with Crippen LogP contribution < -0.4 is 5.73 Å². The van der Waals surface area contributed by atoms with Crippen molar-refractivity contribution >= 4 is 11.8 Å². The zero-order valence-electron chi connectivity index (χ0n) is 9.07. The van der Waals surface area contributed by atoms with Crippen LogP contribution in [0, 0.1) is 0 Å². The molecule has 0 aliphatic carbocycles. The maximum absolute atomic E-state index is 11.3. The van der Waals surface area contributed by atoms with E-state index in [1.807, 2.05) is 4.90 Å². The summed E-state index contributed by atoms with van der Waals surface area (Å²) in [7, 11) is 0. The Morgan fingerprint density at radius 2 is 2.20 bits per heavy atom. The summed E-state index contributed by atoms with van der Waals surface area (Å²) in [5.41, 5.74) is 4.96. The van der Waals surface area contributed by atoms with Gasteiger partial charge in [0, 0.05) is 13.5 Å². The molecule has 5 nitrogen and oxygen atoms in total. The van der Waals surface area contributed by atoms with Crippen LogP contribution in [0.4, 0.5) is 0 Å². The number of likely N-dealkylation sites (tertiary alicyclic amines) is 1. The van der Waals surface area contributed by atoms with Gasteiger partial charge in [0.25, 0.3) is 0 Å². The fourth-order valence-electron chi connectivity index (χ4n) is 1.88. The average Bonchev–Trinajstić information content (AvgIpc) is 2.17. The number of piperidine rings is 1. The average molecular weight is 214 g/mol. The molecule has 0 aromatic carbocycles. The number of carbonyl (C=O) groups excluding carboxylic acids is 2. The molecule has 5 heteroatoms. The Morgan fingerprint density at radius 3 is 2.80 bits per heavy atom. The molecule has 1 rings (SSSR count). The van der Waals surface area contributed by atoms with E-state index in [9.17, 15) is 9.59 Å². The molecule has 86 valence electrons. The third kappa shape index (κ3) is 3.87. The third-order valence-electron chi connectivity index (χ3n) is 2.59. The highest BCUT2D eigenvalue weighted by molar-refractivity contribution is 5.75. The zero-order valence-corrected chi connectivity index (χ0v) is 9.07. The first-order valence-corrected chi connectivity index (χ1v) is 5.24. The first-order chi connectivity index (χ1) is 7.11. The van der Waals surface area contributed by atoms with E-state index in [1.54, 1.807) is 6.92 Å². The van der Waals surface area contributed by atoms with Crippen molar-refractivity contribution in [3.8, 4) is 0 Å². The first-order valence-electron chi connectivity index (χ1n) is 5.24. The molecule has 1 atom stereocenters. The van der Waals surface area contributed by atoms with Crippen molar-refractivity contribution in [2.75, 3.05) is 19.8 Å². The topological polar surface area (TPSA) is 72.6 Å². The fourth-order valence-corrected chi connectivity index (χ4v) is 1.88. The number of carbonyl (C=O) groups is 2. The number of hydrogen-bond acceptors (Lipinski definition) is 3. The van der Waals surface area contributed by atoms with Crippen LogP contribution in [0.2, 0.25) is 0 Å². The SMILES string of the molecule is CC(=O)N1CCCCC1COCC(N)=O. The Morgan fingerprint density at radius 1 is 1.47 bits per heavy atom. The Kier molecular flexibility index (Phi) is 4.55. The molecule has 0 aromatic rings. The lowest BCUT2D eigenvalue weighted by Crippen LogP contribution is -2.45. The highest BCUT2D eigenvalue weighted by atomic mass is 16.5. The zero-order chi connectivity index (χ0) is 11.3. The lowest BCUT2D eigenvalue weighted by molar-refractivity contribution is -0.134. The third-order valence-corrected chi connectivity index (χ3v) is 2.59. The van der Waals surface area contributed by atoms with Gasteiger partial charge in [0.2, 0.25) is 11.8 Å². The van der Waals surface area contributed by atoms with Crippen molar-refractivity contribution in [3.63, 3.8) is 0 Å². The van der Waals surface area contributed by atoms with E-state index in [-0.39, 0.29) is 18.6 Å². The highest BCUT2D eigenvalue weighted by Crippen LogP contribution is 2.17. The van der Waals surface area contributed by atoms with Crippen LogP contribution in [0.3, 0.4) is 0 Å². The summed E-state index contributed by atoms with van der Waals surface area (Å²) < 4.78 is 5.15. The van der Waals surface area contributed by atoms with Crippen molar-refractivity contribution in [2.24, 2.45) is 5.73 Å².